The highest BCUT2D eigenvalue weighted by Crippen LogP contribution is 2.29. The number of carbonyl (C=O) groups is 3. The molecule has 1 aliphatic heterocycles. The molecule has 1 aliphatic carbocycles. The van der Waals surface area contributed by atoms with Crippen molar-refractivity contribution in [1.29, 1.82) is 0 Å². The third-order valence-corrected chi connectivity index (χ3v) is 8.07. The molecule has 2 heterocycles. The fourth-order valence-electron chi connectivity index (χ4n) is 4.63. The van der Waals surface area contributed by atoms with Gasteiger partial charge >= 0.3 is 5.97 Å². The Morgan fingerprint density at radius 1 is 1.00 bits per heavy atom. The molecule has 1 aromatic carbocycles. The maximum Gasteiger partial charge on any atom is 0.374 e. The van der Waals surface area contributed by atoms with Crippen LogP contribution in [0.4, 0.5) is 0 Å². The van der Waals surface area contributed by atoms with Gasteiger partial charge in [-0.2, -0.15) is 0 Å². The standard InChI is InChI=1S/C24H27NO7S/c1-16(26)17-6-8-18(9-7-17)21-10-11-22(32-21)24(28)31-14-23(27)25(19-4-2-3-5-19)20-12-13-33(29,30)15-20/h6-11,19-20H,2-5,12-15H2,1H3. The van der Waals surface area contributed by atoms with Gasteiger partial charge in [0.2, 0.25) is 5.76 Å². The molecule has 0 radical (unpaired) electrons. The fourth-order valence-corrected chi connectivity index (χ4v) is 6.34. The number of sulfone groups is 1. The van der Waals surface area contributed by atoms with E-state index in [2.05, 4.69) is 0 Å². The number of Topliss-reactive ketones (excluding diaryl/α,β-unsaturated/α-hetero) is 1. The van der Waals surface area contributed by atoms with Crippen molar-refractivity contribution in [3.8, 4) is 11.3 Å². The number of esters is 1. The molecule has 2 fully saturated rings. The Balaban J connectivity index is 1.40. The van der Waals surface area contributed by atoms with Crippen LogP contribution in [0.25, 0.3) is 11.3 Å². The van der Waals surface area contributed by atoms with Crippen LogP contribution in [-0.2, 0) is 19.4 Å². The van der Waals surface area contributed by atoms with Gasteiger partial charge in [-0.15, -0.1) is 0 Å². The second kappa shape index (κ2) is 9.51. The van der Waals surface area contributed by atoms with E-state index in [0.717, 1.165) is 25.7 Å². The smallest absolute Gasteiger partial charge is 0.374 e. The average molecular weight is 474 g/mol. The summed E-state index contributed by atoms with van der Waals surface area (Å²) in [5, 5.41) is 0. The van der Waals surface area contributed by atoms with Gasteiger partial charge in [0.1, 0.15) is 5.76 Å². The van der Waals surface area contributed by atoms with Crippen LogP contribution in [-0.4, -0.2) is 61.2 Å². The van der Waals surface area contributed by atoms with Crippen LogP contribution in [0.1, 0.15) is 59.9 Å². The number of carbonyl (C=O) groups excluding carboxylic acids is 3. The van der Waals surface area contributed by atoms with Crippen LogP contribution >= 0.6 is 0 Å². The number of nitrogens with zero attached hydrogens (tertiary/aromatic N) is 1. The SMILES string of the molecule is CC(=O)c1ccc(-c2ccc(C(=O)OCC(=O)N(C3CCCC3)C3CCS(=O)(=O)C3)o2)cc1. The summed E-state index contributed by atoms with van der Waals surface area (Å²) in [5.41, 5.74) is 1.27. The lowest BCUT2D eigenvalue weighted by molar-refractivity contribution is -0.139. The fraction of sp³-hybridized carbons (Fsp3) is 0.458. The van der Waals surface area contributed by atoms with Gasteiger partial charge in [0, 0.05) is 23.2 Å². The Kier molecular flexibility index (Phi) is 6.69. The normalized spacial score (nSPS) is 20.0. The van der Waals surface area contributed by atoms with E-state index in [4.69, 9.17) is 9.15 Å². The molecule has 4 rings (SSSR count). The topological polar surface area (TPSA) is 111 Å². The predicted molar refractivity (Wildman–Crippen MR) is 121 cm³/mol. The Morgan fingerprint density at radius 2 is 1.70 bits per heavy atom. The van der Waals surface area contributed by atoms with Gasteiger partial charge in [0.25, 0.3) is 5.91 Å². The Bertz CT molecular complexity index is 1140. The first-order valence-corrected chi connectivity index (χ1v) is 13.0. The number of hydrogen-bond donors (Lipinski definition) is 0. The number of ether oxygens (including phenoxy) is 1. The summed E-state index contributed by atoms with van der Waals surface area (Å²) in [7, 11) is -3.14. The summed E-state index contributed by atoms with van der Waals surface area (Å²) in [6, 6.07) is 9.52. The van der Waals surface area contributed by atoms with E-state index in [1.54, 1.807) is 35.2 Å². The van der Waals surface area contributed by atoms with E-state index in [0.29, 0.717) is 23.3 Å². The molecular weight excluding hydrogens is 446 g/mol. The highest BCUT2D eigenvalue weighted by Gasteiger charge is 2.39. The zero-order chi connectivity index (χ0) is 23.6. The summed E-state index contributed by atoms with van der Waals surface area (Å²) in [6.45, 7) is 1.02. The second-order valence-electron chi connectivity index (χ2n) is 8.67. The summed E-state index contributed by atoms with van der Waals surface area (Å²) in [6.07, 6.45) is 4.08. The largest absolute Gasteiger partial charge is 0.450 e. The summed E-state index contributed by atoms with van der Waals surface area (Å²) in [5.74, 6) is -0.735. The van der Waals surface area contributed by atoms with Gasteiger partial charge in [-0.25, -0.2) is 13.2 Å². The molecule has 1 saturated carbocycles. The van der Waals surface area contributed by atoms with Crippen molar-refractivity contribution in [2.45, 2.75) is 51.1 Å². The Labute approximate surface area is 192 Å². The van der Waals surface area contributed by atoms with Gasteiger partial charge in [0.15, 0.2) is 22.2 Å². The monoisotopic (exact) mass is 473 g/mol. The van der Waals surface area contributed by atoms with Crippen LogP contribution in [0.15, 0.2) is 40.8 Å². The zero-order valence-corrected chi connectivity index (χ0v) is 19.3. The van der Waals surface area contributed by atoms with Crippen LogP contribution in [0.3, 0.4) is 0 Å². The lowest BCUT2D eigenvalue weighted by Gasteiger charge is -2.33. The van der Waals surface area contributed by atoms with Crippen molar-refractivity contribution in [2.24, 2.45) is 0 Å². The van der Waals surface area contributed by atoms with Gasteiger partial charge in [-0.3, -0.25) is 9.59 Å². The van der Waals surface area contributed by atoms with Crippen LogP contribution in [0.5, 0.6) is 0 Å². The van der Waals surface area contributed by atoms with Crippen LogP contribution in [0.2, 0.25) is 0 Å². The first-order chi connectivity index (χ1) is 15.7. The molecular formula is C24H27NO7S. The van der Waals surface area contributed by atoms with Crippen molar-refractivity contribution < 1.29 is 32.0 Å². The number of furan rings is 1. The molecule has 9 heteroatoms. The van der Waals surface area contributed by atoms with E-state index < -0.39 is 22.4 Å². The van der Waals surface area contributed by atoms with E-state index in [9.17, 15) is 22.8 Å². The average Bonchev–Trinajstić information content (AvgIpc) is 3.54. The quantitative estimate of drug-likeness (QED) is 0.448. The highest BCUT2D eigenvalue weighted by molar-refractivity contribution is 7.91. The van der Waals surface area contributed by atoms with E-state index in [-0.39, 0.29) is 41.0 Å². The van der Waals surface area contributed by atoms with E-state index in [1.807, 2.05) is 0 Å². The minimum atomic E-state index is -3.14. The van der Waals surface area contributed by atoms with Crippen molar-refractivity contribution in [3.05, 3.63) is 47.7 Å². The molecule has 0 N–H and O–H groups in total. The number of amides is 1. The van der Waals surface area contributed by atoms with Crippen LogP contribution < -0.4 is 0 Å². The highest BCUT2D eigenvalue weighted by atomic mass is 32.2. The van der Waals surface area contributed by atoms with Crippen molar-refractivity contribution >= 4 is 27.5 Å². The molecule has 8 nitrogen and oxygen atoms in total. The summed E-state index contributed by atoms with van der Waals surface area (Å²) < 4.78 is 34.7. The van der Waals surface area contributed by atoms with Crippen molar-refractivity contribution in [3.63, 3.8) is 0 Å². The molecule has 1 unspecified atom stereocenters. The van der Waals surface area contributed by atoms with Crippen molar-refractivity contribution in [2.75, 3.05) is 18.1 Å². The number of benzene rings is 1. The third-order valence-electron chi connectivity index (χ3n) is 6.32. The molecule has 1 atom stereocenters. The molecule has 2 aliphatic rings. The maximum atomic E-state index is 13.0. The zero-order valence-electron chi connectivity index (χ0n) is 18.5. The minimum absolute atomic E-state index is 0.0114. The minimum Gasteiger partial charge on any atom is -0.450 e. The summed E-state index contributed by atoms with van der Waals surface area (Å²) in [4.78, 5) is 38.5. The molecule has 176 valence electrons. The first-order valence-electron chi connectivity index (χ1n) is 11.1. The Hall–Kier alpha value is -2.94. The number of ketones is 1. The molecule has 2 aromatic rings. The van der Waals surface area contributed by atoms with Gasteiger partial charge in [0.05, 0.1) is 11.5 Å². The lowest BCUT2D eigenvalue weighted by Crippen LogP contribution is -2.48. The predicted octanol–water partition coefficient (Wildman–Crippen LogP) is 3.26. The third kappa shape index (κ3) is 5.35. The maximum absolute atomic E-state index is 13.0. The van der Waals surface area contributed by atoms with E-state index in [1.165, 1.54) is 13.0 Å². The second-order valence-corrected chi connectivity index (χ2v) is 10.9. The molecule has 1 saturated heterocycles. The molecule has 0 spiro atoms. The molecule has 0 bridgehead atoms. The van der Waals surface area contributed by atoms with Crippen LogP contribution in [0, 0.1) is 0 Å². The lowest BCUT2D eigenvalue weighted by atomic mass is 10.1. The van der Waals surface area contributed by atoms with E-state index >= 15 is 0 Å². The first kappa shape index (κ1) is 23.2. The number of hydrogen-bond acceptors (Lipinski definition) is 7. The van der Waals surface area contributed by atoms with Gasteiger partial charge < -0.3 is 14.1 Å². The number of rotatable bonds is 7. The Morgan fingerprint density at radius 3 is 2.30 bits per heavy atom. The summed E-state index contributed by atoms with van der Waals surface area (Å²) >= 11 is 0. The van der Waals surface area contributed by atoms with Crippen molar-refractivity contribution in [1.82, 2.24) is 4.90 Å². The molecule has 1 amide bonds. The molecule has 1 aromatic heterocycles. The van der Waals surface area contributed by atoms with Gasteiger partial charge in [-0.05, 0) is 38.3 Å². The molecule has 33 heavy (non-hydrogen) atoms. The van der Waals surface area contributed by atoms with Gasteiger partial charge in [-0.1, -0.05) is 37.1 Å².